The number of rotatable bonds is 6. The van der Waals surface area contributed by atoms with Gasteiger partial charge in [-0.2, -0.15) is 0 Å². The molecule has 3 nitrogen and oxygen atoms in total. The summed E-state index contributed by atoms with van der Waals surface area (Å²) in [5.41, 5.74) is 1.22. The molecule has 0 amide bonds. The number of hydrogen-bond acceptors (Lipinski definition) is 3. The van der Waals surface area contributed by atoms with Crippen LogP contribution in [0.5, 0.6) is 0 Å². The van der Waals surface area contributed by atoms with E-state index in [1.807, 2.05) is 0 Å². The van der Waals surface area contributed by atoms with E-state index in [9.17, 15) is 5.11 Å². The number of aliphatic hydroxyl groups is 1. The maximum absolute atomic E-state index is 9.38. The van der Waals surface area contributed by atoms with Gasteiger partial charge in [-0.25, -0.2) is 0 Å². The Bertz CT molecular complexity index is 276. The number of aliphatic hydroxyl groups excluding tert-OH is 1. The van der Waals surface area contributed by atoms with Crippen molar-refractivity contribution in [2.24, 2.45) is 0 Å². The number of benzene rings is 1. The predicted octanol–water partition coefficient (Wildman–Crippen LogP) is 1.39. The first-order chi connectivity index (χ1) is 7.22. The molecule has 0 spiro atoms. The van der Waals surface area contributed by atoms with Crippen molar-refractivity contribution in [2.75, 3.05) is 20.3 Å². The summed E-state index contributed by atoms with van der Waals surface area (Å²) in [4.78, 5) is 0. The molecular weight excluding hydrogens is 305 g/mol. The Morgan fingerprint density at radius 2 is 2.07 bits per heavy atom. The minimum Gasteiger partial charge on any atom is -0.389 e. The molecule has 0 radical (unpaired) electrons. The van der Waals surface area contributed by atoms with Gasteiger partial charge in [-0.3, -0.25) is 0 Å². The van der Waals surface area contributed by atoms with Crippen LogP contribution >= 0.6 is 22.6 Å². The van der Waals surface area contributed by atoms with Crippen LogP contribution in [-0.2, 0) is 11.3 Å². The zero-order chi connectivity index (χ0) is 11.1. The molecule has 1 unspecified atom stereocenters. The first-order valence-electron chi connectivity index (χ1n) is 4.84. The second kappa shape index (κ2) is 7.16. The summed E-state index contributed by atoms with van der Waals surface area (Å²) in [5.74, 6) is 0. The van der Waals surface area contributed by atoms with Crippen LogP contribution in [0, 0.1) is 3.57 Å². The fraction of sp³-hybridized carbons (Fsp3) is 0.455. The lowest BCUT2D eigenvalue weighted by Gasteiger charge is -2.10. The van der Waals surface area contributed by atoms with E-state index in [1.54, 1.807) is 7.11 Å². The topological polar surface area (TPSA) is 41.5 Å². The highest BCUT2D eigenvalue weighted by Crippen LogP contribution is 2.06. The van der Waals surface area contributed by atoms with Gasteiger partial charge in [0.25, 0.3) is 0 Å². The second-order valence-corrected chi connectivity index (χ2v) is 4.61. The lowest BCUT2D eigenvalue weighted by molar-refractivity contribution is 0.0644. The summed E-state index contributed by atoms with van der Waals surface area (Å²) < 4.78 is 6.06. The van der Waals surface area contributed by atoms with Crippen molar-refractivity contribution >= 4 is 22.6 Å². The molecule has 0 heterocycles. The molecule has 0 aliphatic rings. The molecule has 4 heteroatoms. The summed E-state index contributed by atoms with van der Waals surface area (Å²) in [5, 5.41) is 12.6. The number of nitrogens with one attached hydrogen (secondary N) is 1. The van der Waals surface area contributed by atoms with Crippen LogP contribution < -0.4 is 5.32 Å². The Hall–Kier alpha value is -0.170. The van der Waals surface area contributed by atoms with Gasteiger partial charge in [-0.1, -0.05) is 12.1 Å². The van der Waals surface area contributed by atoms with Gasteiger partial charge in [0.2, 0.25) is 0 Å². The summed E-state index contributed by atoms with van der Waals surface area (Å²) >= 11 is 2.28. The standard InChI is InChI=1S/C11H16INO2/c1-15-8-11(14)7-13-6-9-2-4-10(12)5-3-9/h2-5,11,13-14H,6-8H2,1H3. The lowest BCUT2D eigenvalue weighted by Crippen LogP contribution is -2.29. The highest BCUT2D eigenvalue weighted by molar-refractivity contribution is 14.1. The molecular formula is C11H16INO2. The zero-order valence-corrected chi connectivity index (χ0v) is 10.9. The molecule has 2 N–H and O–H groups in total. The molecule has 0 saturated heterocycles. The number of halogens is 1. The SMILES string of the molecule is COCC(O)CNCc1ccc(I)cc1. The molecule has 0 bridgehead atoms. The van der Waals surface area contributed by atoms with Crippen molar-refractivity contribution in [2.45, 2.75) is 12.6 Å². The highest BCUT2D eigenvalue weighted by Gasteiger charge is 2.01. The number of ether oxygens (including phenoxy) is 1. The largest absolute Gasteiger partial charge is 0.389 e. The third-order valence-electron chi connectivity index (χ3n) is 1.98. The quantitative estimate of drug-likeness (QED) is 0.778. The van der Waals surface area contributed by atoms with Gasteiger partial charge in [0.15, 0.2) is 0 Å². The summed E-state index contributed by atoms with van der Waals surface area (Å²) in [6.45, 7) is 1.71. The first-order valence-corrected chi connectivity index (χ1v) is 5.92. The van der Waals surface area contributed by atoms with Crippen molar-refractivity contribution < 1.29 is 9.84 Å². The molecule has 1 atom stereocenters. The second-order valence-electron chi connectivity index (χ2n) is 3.37. The highest BCUT2D eigenvalue weighted by atomic mass is 127. The molecule has 0 aliphatic heterocycles. The Balaban J connectivity index is 2.22. The van der Waals surface area contributed by atoms with Crippen molar-refractivity contribution in [1.82, 2.24) is 5.32 Å². The minimum absolute atomic E-state index is 0.375. The average molecular weight is 321 g/mol. The van der Waals surface area contributed by atoms with Crippen LogP contribution in [0.1, 0.15) is 5.56 Å². The van der Waals surface area contributed by atoms with Crippen molar-refractivity contribution in [1.29, 1.82) is 0 Å². The van der Waals surface area contributed by atoms with E-state index in [0.29, 0.717) is 13.2 Å². The third-order valence-corrected chi connectivity index (χ3v) is 2.70. The molecule has 0 aromatic heterocycles. The molecule has 84 valence electrons. The lowest BCUT2D eigenvalue weighted by atomic mass is 10.2. The molecule has 1 aromatic carbocycles. The van der Waals surface area contributed by atoms with Crippen LogP contribution in [0.2, 0.25) is 0 Å². The molecule has 0 aliphatic carbocycles. The third kappa shape index (κ3) is 5.46. The monoisotopic (exact) mass is 321 g/mol. The van der Waals surface area contributed by atoms with E-state index in [1.165, 1.54) is 9.13 Å². The van der Waals surface area contributed by atoms with Gasteiger partial charge in [0.1, 0.15) is 0 Å². The summed E-state index contributed by atoms with van der Waals surface area (Å²) in [6, 6.07) is 8.31. The van der Waals surface area contributed by atoms with Gasteiger partial charge in [-0.15, -0.1) is 0 Å². The van der Waals surface area contributed by atoms with Gasteiger partial charge < -0.3 is 15.2 Å². The smallest absolute Gasteiger partial charge is 0.0897 e. The van der Waals surface area contributed by atoms with Crippen LogP contribution in [-0.4, -0.2) is 31.5 Å². The normalized spacial score (nSPS) is 12.7. The molecule has 1 rings (SSSR count). The van der Waals surface area contributed by atoms with Crippen molar-refractivity contribution in [3.63, 3.8) is 0 Å². The van der Waals surface area contributed by atoms with Crippen LogP contribution in [0.15, 0.2) is 24.3 Å². The van der Waals surface area contributed by atoms with Gasteiger partial charge in [-0.05, 0) is 40.3 Å². The van der Waals surface area contributed by atoms with Crippen molar-refractivity contribution in [3.05, 3.63) is 33.4 Å². The Morgan fingerprint density at radius 3 is 2.67 bits per heavy atom. The Labute approximate surface area is 104 Å². The van der Waals surface area contributed by atoms with E-state index in [0.717, 1.165) is 6.54 Å². The maximum atomic E-state index is 9.38. The van der Waals surface area contributed by atoms with Crippen molar-refractivity contribution in [3.8, 4) is 0 Å². The van der Waals surface area contributed by atoms with Gasteiger partial charge >= 0.3 is 0 Å². The van der Waals surface area contributed by atoms with E-state index in [2.05, 4.69) is 52.2 Å². The fourth-order valence-corrected chi connectivity index (χ4v) is 1.60. The van der Waals surface area contributed by atoms with Crippen LogP contribution in [0.25, 0.3) is 0 Å². The van der Waals surface area contributed by atoms with E-state index >= 15 is 0 Å². The van der Waals surface area contributed by atoms with Gasteiger partial charge in [0.05, 0.1) is 12.7 Å². The van der Waals surface area contributed by atoms with Crippen LogP contribution in [0.3, 0.4) is 0 Å². The maximum Gasteiger partial charge on any atom is 0.0897 e. The van der Waals surface area contributed by atoms with Gasteiger partial charge in [0, 0.05) is 23.8 Å². The number of methoxy groups -OCH3 is 1. The van der Waals surface area contributed by atoms with E-state index in [-0.39, 0.29) is 0 Å². The van der Waals surface area contributed by atoms with E-state index < -0.39 is 6.10 Å². The minimum atomic E-state index is -0.432. The first kappa shape index (κ1) is 12.9. The Morgan fingerprint density at radius 1 is 1.40 bits per heavy atom. The molecule has 0 saturated carbocycles. The van der Waals surface area contributed by atoms with Crippen LogP contribution in [0.4, 0.5) is 0 Å². The molecule has 15 heavy (non-hydrogen) atoms. The fourth-order valence-electron chi connectivity index (χ4n) is 1.24. The molecule has 0 fully saturated rings. The number of hydrogen-bond donors (Lipinski definition) is 2. The summed E-state index contributed by atoms with van der Waals surface area (Å²) in [7, 11) is 1.59. The zero-order valence-electron chi connectivity index (χ0n) is 8.74. The summed E-state index contributed by atoms with van der Waals surface area (Å²) in [6.07, 6.45) is -0.432. The predicted molar refractivity (Wildman–Crippen MR) is 68.7 cm³/mol. The van der Waals surface area contributed by atoms with E-state index in [4.69, 9.17) is 4.74 Å². The average Bonchev–Trinajstić information content (AvgIpc) is 2.21. The Kier molecular flexibility index (Phi) is 6.16. The molecule has 1 aromatic rings.